The molecule has 0 radical (unpaired) electrons. The van der Waals surface area contributed by atoms with E-state index < -0.39 is 30.6 Å². The number of aliphatic hydroxyl groups is 2. The average Bonchev–Trinajstić information content (AvgIpc) is 2.44. The van der Waals surface area contributed by atoms with E-state index in [0.29, 0.717) is 5.75 Å². The van der Waals surface area contributed by atoms with E-state index in [1.807, 2.05) is 0 Å². The predicted octanol–water partition coefficient (Wildman–Crippen LogP) is 0.215. The number of benzene rings is 1. The lowest BCUT2D eigenvalue weighted by Gasteiger charge is -2.19. The van der Waals surface area contributed by atoms with Gasteiger partial charge < -0.3 is 20.6 Å². The van der Waals surface area contributed by atoms with Gasteiger partial charge in [0, 0.05) is 5.56 Å². The van der Waals surface area contributed by atoms with Gasteiger partial charge in [-0.25, -0.2) is 0 Å². The number of nitrogens with one attached hydrogen (secondary N) is 1. The van der Waals surface area contributed by atoms with Crippen molar-refractivity contribution >= 4 is 24.5 Å². The van der Waals surface area contributed by atoms with Gasteiger partial charge in [-0.2, -0.15) is 12.6 Å². The molecule has 1 rings (SSSR count). The Kier molecular flexibility index (Phi) is 6.50. The summed E-state index contributed by atoms with van der Waals surface area (Å²) in [5.41, 5.74) is 0.393. The van der Waals surface area contributed by atoms with Gasteiger partial charge in [0.2, 0.25) is 0 Å². The molecule has 0 fully saturated rings. The van der Waals surface area contributed by atoms with E-state index in [-0.39, 0.29) is 17.5 Å². The lowest BCUT2D eigenvalue weighted by molar-refractivity contribution is -0.135. The van der Waals surface area contributed by atoms with Crippen molar-refractivity contribution in [3.8, 4) is 0 Å². The van der Waals surface area contributed by atoms with Gasteiger partial charge in [0.15, 0.2) is 0 Å². The summed E-state index contributed by atoms with van der Waals surface area (Å²) in [5.74, 6) is -1.38. The van der Waals surface area contributed by atoms with Crippen LogP contribution < -0.4 is 5.32 Å². The molecule has 6 nitrogen and oxygen atoms in total. The maximum atomic E-state index is 11.9. The zero-order valence-electron chi connectivity index (χ0n) is 10.7. The lowest BCUT2D eigenvalue weighted by Crippen LogP contribution is -2.31. The molecular weight excluding hydrogens is 282 g/mol. The Morgan fingerprint density at radius 2 is 1.90 bits per heavy atom. The Bertz CT molecular complexity index is 480. The molecule has 0 aliphatic heterocycles. The second-order valence-corrected chi connectivity index (χ2v) is 4.64. The molecule has 0 saturated carbocycles. The molecule has 0 heterocycles. The Morgan fingerprint density at radius 3 is 2.50 bits per heavy atom. The molecule has 0 aromatic heterocycles. The van der Waals surface area contributed by atoms with Crippen LogP contribution in [0.2, 0.25) is 0 Å². The van der Waals surface area contributed by atoms with Crippen LogP contribution in [0.25, 0.3) is 0 Å². The van der Waals surface area contributed by atoms with Crippen molar-refractivity contribution in [2.45, 2.75) is 18.6 Å². The number of aliphatic hydroxyl groups excluding tert-OH is 2. The fourth-order valence-electron chi connectivity index (χ4n) is 1.71. The summed E-state index contributed by atoms with van der Waals surface area (Å²) in [6.45, 7) is -0.511. The number of carbonyl (C=O) groups excluding carboxylic acids is 1. The minimum atomic E-state index is -1.23. The van der Waals surface area contributed by atoms with E-state index in [1.165, 1.54) is 12.1 Å². The van der Waals surface area contributed by atoms with Crippen molar-refractivity contribution in [2.75, 3.05) is 12.3 Å². The fourth-order valence-corrected chi connectivity index (χ4v) is 1.97. The molecule has 0 saturated heterocycles. The molecule has 2 unspecified atom stereocenters. The van der Waals surface area contributed by atoms with Crippen LogP contribution in [-0.2, 0) is 4.79 Å². The third-order valence-corrected chi connectivity index (χ3v) is 2.97. The quantitative estimate of drug-likeness (QED) is 0.463. The van der Waals surface area contributed by atoms with Gasteiger partial charge in [-0.3, -0.25) is 9.59 Å². The summed E-state index contributed by atoms with van der Waals surface area (Å²) < 4.78 is 0. The highest BCUT2D eigenvalue weighted by atomic mass is 32.1. The first-order chi connectivity index (χ1) is 9.47. The molecule has 1 amide bonds. The van der Waals surface area contributed by atoms with Crippen LogP contribution in [0.4, 0.5) is 0 Å². The van der Waals surface area contributed by atoms with Gasteiger partial charge in [-0.05, 0) is 23.8 Å². The third-order valence-electron chi connectivity index (χ3n) is 2.71. The Balaban J connectivity index is 2.92. The van der Waals surface area contributed by atoms with Crippen molar-refractivity contribution in [3.05, 3.63) is 35.4 Å². The molecule has 110 valence electrons. The van der Waals surface area contributed by atoms with Gasteiger partial charge in [0.1, 0.15) is 12.6 Å². The Labute approximate surface area is 121 Å². The molecule has 4 N–H and O–H groups in total. The maximum Gasteiger partial charge on any atom is 0.322 e. The van der Waals surface area contributed by atoms with Crippen LogP contribution in [0.5, 0.6) is 0 Å². The van der Waals surface area contributed by atoms with Crippen molar-refractivity contribution in [1.29, 1.82) is 0 Å². The molecule has 7 heteroatoms. The van der Waals surface area contributed by atoms with Crippen LogP contribution in [0.1, 0.15) is 28.4 Å². The fraction of sp³-hybridized carbons (Fsp3) is 0.385. The number of carbonyl (C=O) groups is 2. The van der Waals surface area contributed by atoms with Crippen molar-refractivity contribution in [2.24, 2.45) is 0 Å². The minimum absolute atomic E-state index is 0.138. The standard InChI is InChI=1S/C13H17NO5S/c15-10(5-6-20)12(18)8-3-1-2-4-9(8)13(19)14-7-11(16)17/h1-4,10,12,15,18,20H,5-7H2,(H,14,19)(H,16,17). The van der Waals surface area contributed by atoms with Crippen LogP contribution in [-0.4, -0.2) is 45.6 Å². The summed E-state index contributed by atoms with van der Waals surface area (Å²) in [4.78, 5) is 22.3. The number of rotatable bonds is 7. The second-order valence-electron chi connectivity index (χ2n) is 4.19. The van der Waals surface area contributed by atoms with E-state index in [0.717, 1.165) is 0 Å². The highest BCUT2D eigenvalue weighted by Gasteiger charge is 2.23. The zero-order valence-corrected chi connectivity index (χ0v) is 11.6. The van der Waals surface area contributed by atoms with Crippen LogP contribution in [0.3, 0.4) is 0 Å². The summed E-state index contributed by atoms with van der Waals surface area (Å²) in [7, 11) is 0. The van der Waals surface area contributed by atoms with Gasteiger partial charge in [0.05, 0.1) is 6.10 Å². The predicted molar refractivity (Wildman–Crippen MR) is 75.8 cm³/mol. The second kappa shape index (κ2) is 7.88. The first-order valence-corrected chi connectivity index (χ1v) is 6.66. The van der Waals surface area contributed by atoms with Crippen LogP contribution >= 0.6 is 12.6 Å². The smallest absolute Gasteiger partial charge is 0.322 e. The summed E-state index contributed by atoms with van der Waals surface area (Å²) in [6.07, 6.45) is -2.00. The van der Waals surface area contributed by atoms with Crippen molar-refractivity contribution in [3.63, 3.8) is 0 Å². The molecular formula is C13H17NO5S. The largest absolute Gasteiger partial charge is 0.480 e. The third kappa shape index (κ3) is 4.52. The first kappa shape index (κ1) is 16.5. The van der Waals surface area contributed by atoms with Crippen LogP contribution in [0.15, 0.2) is 24.3 Å². The number of aliphatic carboxylic acids is 1. The number of carboxylic acid groups (broad SMARTS) is 1. The first-order valence-electron chi connectivity index (χ1n) is 6.03. The average molecular weight is 299 g/mol. The molecule has 20 heavy (non-hydrogen) atoms. The molecule has 2 atom stereocenters. The van der Waals surface area contributed by atoms with E-state index >= 15 is 0 Å². The topological polar surface area (TPSA) is 107 Å². The van der Waals surface area contributed by atoms with Crippen LogP contribution in [0, 0.1) is 0 Å². The van der Waals surface area contributed by atoms with E-state index in [4.69, 9.17) is 5.11 Å². The van der Waals surface area contributed by atoms with Crippen molar-refractivity contribution < 1.29 is 24.9 Å². The highest BCUT2D eigenvalue weighted by Crippen LogP contribution is 2.23. The monoisotopic (exact) mass is 299 g/mol. The number of hydrogen-bond donors (Lipinski definition) is 5. The van der Waals surface area contributed by atoms with Gasteiger partial charge >= 0.3 is 5.97 Å². The van der Waals surface area contributed by atoms with Gasteiger partial charge in [-0.15, -0.1) is 0 Å². The minimum Gasteiger partial charge on any atom is -0.480 e. The van der Waals surface area contributed by atoms with E-state index in [9.17, 15) is 19.8 Å². The molecule has 1 aromatic rings. The maximum absolute atomic E-state index is 11.9. The molecule has 0 aliphatic rings. The normalized spacial score (nSPS) is 13.6. The number of thiol groups is 1. The summed E-state index contributed by atoms with van der Waals surface area (Å²) in [6, 6.07) is 6.20. The molecule has 1 aromatic carbocycles. The molecule has 0 spiro atoms. The van der Waals surface area contributed by atoms with Gasteiger partial charge in [0.25, 0.3) is 5.91 Å². The highest BCUT2D eigenvalue weighted by molar-refractivity contribution is 7.80. The SMILES string of the molecule is O=C(O)CNC(=O)c1ccccc1C(O)C(O)CCS. The van der Waals surface area contributed by atoms with Gasteiger partial charge in [-0.1, -0.05) is 18.2 Å². The Morgan fingerprint density at radius 1 is 1.25 bits per heavy atom. The Hall–Kier alpha value is -1.57. The molecule has 0 bridgehead atoms. The summed E-state index contributed by atoms with van der Waals surface area (Å²) in [5, 5.41) is 30.6. The number of hydrogen-bond acceptors (Lipinski definition) is 5. The number of carboxylic acids is 1. The zero-order chi connectivity index (χ0) is 15.1. The lowest BCUT2D eigenvalue weighted by atomic mass is 9.97. The van der Waals surface area contributed by atoms with Crippen molar-refractivity contribution in [1.82, 2.24) is 5.32 Å². The number of amides is 1. The summed E-state index contributed by atoms with van der Waals surface area (Å²) >= 11 is 3.97. The molecule has 0 aliphatic carbocycles. The van der Waals surface area contributed by atoms with E-state index in [1.54, 1.807) is 12.1 Å². The van der Waals surface area contributed by atoms with E-state index in [2.05, 4.69) is 17.9 Å².